The van der Waals surface area contributed by atoms with E-state index in [1.165, 1.54) is 14.2 Å². The predicted molar refractivity (Wildman–Crippen MR) is 244 cm³/mol. The monoisotopic (exact) mass is 874 g/mol. The molecule has 3 fully saturated rings. The van der Waals surface area contributed by atoms with Crippen LogP contribution in [0.3, 0.4) is 0 Å². The van der Waals surface area contributed by atoms with Gasteiger partial charge in [-0.15, -0.1) is 0 Å². The SMILES string of the molecule is COC(=O)N[C@H](C(=O)N1[C@@H](C)CC[C@H]1c1ncc(-c2ccc3c(c2)COc2cc4c(ccc5nc([C@@H]6C[C@H](C)CN6C[C@@H](NC(=O)OC)C6C[C@@H](C)O[C@H](C)C6)[nH]c54)cc2-3)[nH]1)C(C)C. The highest BCUT2D eigenvalue weighted by atomic mass is 16.5. The van der Waals surface area contributed by atoms with E-state index in [1.807, 2.05) is 31.9 Å². The fourth-order valence-electron chi connectivity index (χ4n) is 11.0. The number of amides is 3. The Hall–Kier alpha value is -5.67. The number of methoxy groups -OCH3 is 2. The molecule has 2 aromatic heterocycles. The molecule has 4 N–H and O–H groups in total. The van der Waals surface area contributed by atoms with Gasteiger partial charge in [0.05, 0.1) is 61.4 Å². The number of alkyl carbamates (subject to hydrolysis) is 2. The van der Waals surface area contributed by atoms with Crippen LogP contribution in [0.4, 0.5) is 9.59 Å². The van der Waals surface area contributed by atoms with Crippen LogP contribution in [0, 0.1) is 17.8 Å². The molecule has 8 atom stereocenters. The number of H-pyrrole nitrogens is 2. The summed E-state index contributed by atoms with van der Waals surface area (Å²) in [4.78, 5) is 60.2. The molecule has 340 valence electrons. The number of hydrogen-bond donors (Lipinski definition) is 4. The number of fused-ring (bicyclic) bond motifs is 6. The van der Waals surface area contributed by atoms with Gasteiger partial charge in [-0.25, -0.2) is 19.6 Å². The molecule has 3 aromatic carbocycles. The Balaban J connectivity index is 0.953. The van der Waals surface area contributed by atoms with Crippen LogP contribution >= 0.6 is 0 Å². The minimum atomic E-state index is -0.709. The number of nitrogens with one attached hydrogen (secondary N) is 4. The predicted octanol–water partition coefficient (Wildman–Crippen LogP) is 8.41. The number of nitrogens with zero attached hydrogens (tertiary/aromatic N) is 4. The van der Waals surface area contributed by atoms with E-state index in [0.29, 0.717) is 19.1 Å². The summed E-state index contributed by atoms with van der Waals surface area (Å²) in [6, 6.07) is 14.1. The summed E-state index contributed by atoms with van der Waals surface area (Å²) in [5.74, 6) is 2.97. The van der Waals surface area contributed by atoms with Crippen molar-refractivity contribution >= 4 is 39.9 Å². The van der Waals surface area contributed by atoms with Gasteiger partial charge in [-0.2, -0.15) is 0 Å². The Bertz CT molecular complexity index is 2540. The van der Waals surface area contributed by atoms with Gasteiger partial charge in [-0.3, -0.25) is 9.69 Å². The number of ether oxygens (including phenoxy) is 4. The van der Waals surface area contributed by atoms with Gasteiger partial charge in [0.2, 0.25) is 5.91 Å². The third-order valence-electron chi connectivity index (χ3n) is 14.1. The highest BCUT2D eigenvalue weighted by Gasteiger charge is 2.42. The maximum absolute atomic E-state index is 13.9. The number of benzene rings is 3. The number of aromatic nitrogens is 4. The molecule has 3 amide bonds. The molecule has 0 bridgehead atoms. The molecule has 9 rings (SSSR count). The standard InChI is InChI=1S/C49H62N8O7/c1-25(2)43(55-49(60)62-8)47(58)57-27(4)9-14-40(57)45-50-21-38(52-45)31-10-12-34-33(18-31)24-63-42-20-35-30(19-36(34)42)11-13-37-44(35)54-46(51-37)41-15-26(3)22-56(41)23-39(53-48(59)61-7)32-16-28(5)64-29(6)17-32/h10-13,18-21,25-29,32,39-41,43H,9,14-17,22-24H2,1-8H3,(H,50,52)(H,51,54)(H,53,59)(H,55,60)/t26-,27-,28+,29+,39+,40-,41-,43-/m0/s1. The van der Waals surface area contributed by atoms with Crippen molar-refractivity contribution in [2.75, 3.05) is 27.3 Å². The number of rotatable bonds is 10. The van der Waals surface area contributed by atoms with Crippen molar-refractivity contribution in [3.05, 3.63) is 65.9 Å². The van der Waals surface area contributed by atoms with E-state index >= 15 is 0 Å². The van der Waals surface area contributed by atoms with E-state index in [0.717, 1.165) is 106 Å². The average molecular weight is 875 g/mol. The van der Waals surface area contributed by atoms with Crippen LogP contribution in [0.15, 0.2) is 48.7 Å². The molecule has 0 saturated carbocycles. The number of likely N-dealkylation sites (tertiary alicyclic amines) is 2. The Morgan fingerprint density at radius 1 is 0.875 bits per heavy atom. The zero-order chi connectivity index (χ0) is 45.0. The minimum absolute atomic E-state index is 0.00600. The third-order valence-corrected chi connectivity index (χ3v) is 14.1. The smallest absolute Gasteiger partial charge is 0.407 e. The quantitative estimate of drug-likeness (QED) is 0.107. The first-order valence-corrected chi connectivity index (χ1v) is 23.0. The average Bonchev–Trinajstić information content (AvgIpc) is 4.09. The maximum atomic E-state index is 13.9. The summed E-state index contributed by atoms with van der Waals surface area (Å²) >= 11 is 0. The first-order valence-electron chi connectivity index (χ1n) is 23.0. The fourth-order valence-corrected chi connectivity index (χ4v) is 11.0. The molecule has 0 radical (unpaired) electrons. The van der Waals surface area contributed by atoms with E-state index in [-0.39, 0.29) is 54.1 Å². The number of hydrogen-bond acceptors (Lipinski definition) is 10. The lowest BCUT2D eigenvalue weighted by molar-refractivity contribution is -0.137. The molecule has 0 spiro atoms. The summed E-state index contributed by atoms with van der Waals surface area (Å²) in [5, 5.41) is 8.07. The van der Waals surface area contributed by atoms with Crippen molar-refractivity contribution in [2.45, 2.75) is 123 Å². The van der Waals surface area contributed by atoms with Crippen LogP contribution in [0.5, 0.6) is 5.75 Å². The molecule has 0 aliphatic carbocycles. The van der Waals surface area contributed by atoms with Crippen LogP contribution in [0.2, 0.25) is 0 Å². The van der Waals surface area contributed by atoms with Crippen molar-refractivity contribution in [2.24, 2.45) is 17.8 Å². The lowest BCUT2D eigenvalue weighted by Crippen LogP contribution is -2.52. The van der Waals surface area contributed by atoms with E-state index in [1.54, 1.807) is 0 Å². The van der Waals surface area contributed by atoms with Gasteiger partial charge in [0.1, 0.15) is 30.0 Å². The van der Waals surface area contributed by atoms with Crippen LogP contribution in [0.25, 0.3) is 44.2 Å². The van der Waals surface area contributed by atoms with Gasteiger partial charge in [0.25, 0.3) is 0 Å². The third kappa shape index (κ3) is 8.39. The summed E-state index contributed by atoms with van der Waals surface area (Å²) in [5.41, 5.74) is 6.97. The van der Waals surface area contributed by atoms with Crippen LogP contribution in [0.1, 0.15) is 103 Å². The van der Waals surface area contributed by atoms with Gasteiger partial charge in [0.15, 0.2) is 0 Å². The molecular weight excluding hydrogens is 813 g/mol. The molecule has 3 saturated heterocycles. The van der Waals surface area contributed by atoms with Crippen LogP contribution < -0.4 is 15.4 Å². The second kappa shape index (κ2) is 17.7. The fraction of sp³-hybridized carbons (Fsp3) is 0.531. The lowest BCUT2D eigenvalue weighted by atomic mass is 9.86. The summed E-state index contributed by atoms with van der Waals surface area (Å²) in [6.45, 7) is 14.4. The molecule has 15 nitrogen and oxygen atoms in total. The molecule has 4 aliphatic rings. The zero-order valence-electron chi connectivity index (χ0n) is 38.2. The van der Waals surface area contributed by atoms with Gasteiger partial charge in [0, 0.05) is 36.1 Å². The number of carbonyl (C=O) groups excluding carboxylic acids is 3. The van der Waals surface area contributed by atoms with Crippen LogP contribution in [-0.4, -0.2) is 105 Å². The van der Waals surface area contributed by atoms with E-state index in [4.69, 9.17) is 28.9 Å². The number of imidazole rings is 2. The second-order valence-corrected chi connectivity index (χ2v) is 19.1. The highest BCUT2D eigenvalue weighted by molar-refractivity contribution is 6.07. The van der Waals surface area contributed by atoms with Gasteiger partial charge >= 0.3 is 12.2 Å². The zero-order valence-corrected chi connectivity index (χ0v) is 38.2. The molecule has 4 aliphatic heterocycles. The topological polar surface area (TPSA) is 176 Å². The van der Waals surface area contributed by atoms with Crippen molar-refractivity contribution in [1.82, 2.24) is 40.4 Å². The summed E-state index contributed by atoms with van der Waals surface area (Å²) in [6.07, 6.45) is 5.41. The van der Waals surface area contributed by atoms with Crippen molar-refractivity contribution in [3.63, 3.8) is 0 Å². The second-order valence-electron chi connectivity index (χ2n) is 19.1. The molecule has 64 heavy (non-hydrogen) atoms. The highest BCUT2D eigenvalue weighted by Crippen LogP contribution is 2.44. The van der Waals surface area contributed by atoms with E-state index < -0.39 is 18.2 Å². The summed E-state index contributed by atoms with van der Waals surface area (Å²) in [7, 11) is 2.72. The normalized spacial score (nSPS) is 25.5. The molecular formula is C49H62N8O7. The van der Waals surface area contributed by atoms with Gasteiger partial charge in [-0.1, -0.05) is 39.0 Å². The summed E-state index contributed by atoms with van der Waals surface area (Å²) < 4.78 is 22.5. The molecule has 0 unspecified atom stereocenters. The van der Waals surface area contributed by atoms with E-state index in [2.05, 4.69) is 88.7 Å². The molecule has 6 heterocycles. The number of aromatic amines is 2. The maximum Gasteiger partial charge on any atom is 0.407 e. The lowest BCUT2D eigenvalue weighted by Gasteiger charge is -2.39. The van der Waals surface area contributed by atoms with E-state index in [9.17, 15) is 14.4 Å². The Morgan fingerprint density at radius 2 is 1.64 bits per heavy atom. The minimum Gasteiger partial charge on any atom is -0.488 e. The molecule has 5 aromatic rings. The van der Waals surface area contributed by atoms with Crippen molar-refractivity contribution in [3.8, 4) is 28.1 Å². The van der Waals surface area contributed by atoms with Crippen molar-refractivity contribution < 1.29 is 33.3 Å². The first kappa shape index (κ1) is 43.6. The van der Waals surface area contributed by atoms with Gasteiger partial charge in [-0.05, 0) is 117 Å². The Morgan fingerprint density at radius 3 is 2.39 bits per heavy atom. The molecule has 15 heteroatoms. The largest absolute Gasteiger partial charge is 0.488 e. The number of carbonyl (C=O) groups is 3. The van der Waals surface area contributed by atoms with Crippen molar-refractivity contribution in [1.29, 1.82) is 0 Å². The van der Waals surface area contributed by atoms with Crippen LogP contribution in [-0.2, 0) is 25.6 Å². The van der Waals surface area contributed by atoms with Gasteiger partial charge < -0.3 is 44.4 Å². The Kier molecular flexibility index (Phi) is 12.1. The first-order chi connectivity index (χ1) is 30.8. The Labute approximate surface area is 374 Å².